The number of rotatable bonds is 4. The maximum atomic E-state index is 5.98. The molecule has 1 saturated heterocycles. The van der Waals surface area contributed by atoms with Crippen LogP contribution >= 0.6 is 0 Å². The van der Waals surface area contributed by atoms with Crippen LogP contribution in [0.15, 0.2) is 24.3 Å². The zero-order valence-electron chi connectivity index (χ0n) is 12.3. The van der Waals surface area contributed by atoms with Crippen molar-refractivity contribution >= 4 is 0 Å². The fourth-order valence-electron chi connectivity index (χ4n) is 2.79. The van der Waals surface area contributed by atoms with Crippen LogP contribution in [0.4, 0.5) is 0 Å². The standard InChI is InChI=1S/C16H26N2O/c1-4-15(14-7-5-12(2)6-8-14)18-9-10-19-16(11-18)13(3)17/h5-8,13,15-16H,4,9-11,17H2,1-3H3. The van der Waals surface area contributed by atoms with E-state index in [1.165, 1.54) is 11.1 Å². The van der Waals surface area contributed by atoms with Gasteiger partial charge in [-0.05, 0) is 25.8 Å². The molecule has 2 rings (SSSR count). The molecular formula is C16H26N2O. The minimum Gasteiger partial charge on any atom is -0.374 e. The second-order valence-electron chi connectivity index (χ2n) is 5.60. The van der Waals surface area contributed by atoms with E-state index in [9.17, 15) is 0 Å². The molecule has 3 unspecified atom stereocenters. The average Bonchev–Trinajstić information content (AvgIpc) is 2.42. The fourth-order valence-corrected chi connectivity index (χ4v) is 2.79. The van der Waals surface area contributed by atoms with Crippen molar-refractivity contribution in [3.8, 4) is 0 Å². The van der Waals surface area contributed by atoms with E-state index in [0.717, 1.165) is 26.1 Å². The topological polar surface area (TPSA) is 38.5 Å². The first-order valence-electron chi connectivity index (χ1n) is 7.29. The van der Waals surface area contributed by atoms with Gasteiger partial charge in [-0.25, -0.2) is 0 Å². The second kappa shape index (κ2) is 6.51. The molecule has 0 radical (unpaired) electrons. The van der Waals surface area contributed by atoms with Crippen molar-refractivity contribution in [2.75, 3.05) is 19.7 Å². The Morgan fingerprint density at radius 2 is 2.05 bits per heavy atom. The van der Waals surface area contributed by atoms with Crippen molar-refractivity contribution in [1.29, 1.82) is 0 Å². The Hall–Kier alpha value is -0.900. The molecule has 0 saturated carbocycles. The molecule has 3 atom stereocenters. The van der Waals surface area contributed by atoms with E-state index in [-0.39, 0.29) is 12.1 Å². The van der Waals surface area contributed by atoms with Crippen LogP contribution < -0.4 is 5.73 Å². The summed E-state index contributed by atoms with van der Waals surface area (Å²) in [4.78, 5) is 2.52. The number of nitrogens with zero attached hydrogens (tertiary/aromatic N) is 1. The molecule has 3 heteroatoms. The molecule has 2 N–H and O–H groups in total. The van der Waals surface area contributed by atoms with Crippen molar-refractivity contribution in [3.63, 3.8) is 0 Å². The third-order valence-corrected chi connectivity index (χ3v) is 4.00. The van der Waals surface area contributed by atoms with Gasteiger partial charge in [0, 0.05) is 25.2 Å². The first-order valence-corrected chi connectivity index (χ1v) is 7.29. The molecule has 3 nitrogen and oxygen atoms in total. The highest BCUT2D eigenvalue weighted by Gasteiger charge is 2.28. The molecule has 0 amide bonds. The number of hydrogen-bond acceptors (Lipinski definition) is 3. The van der Waals surface area contributed by atoms with Gasteiger partial charge in [0.1, 0.15) is 0 Å². The lowest BCUT2D eigenvalue weighted by atomic mass is 10.00. The molecule has 1 fully saturated rings. The maximum Gasteiger partial charge on any atom is 0.0850 e. The van der Waals surface area contributed by atoms with E-state index < -0.39 is 0 Å². The first kappa shape index (κ1) is 14.5. The van der Waals surface area contributed by atoms with Gasteiger partial charge in [-0.3, -0.25) is 4.90 Å². The molecular weight excluding hydrogens is 236 g/mol. The zero-order valence-corrected chi connectivity index (χ0v) is 12.3. The largest absolute Gasteiger partial charge is 0.374 e. The lowest BCUT2D eigenvalue weighted by Gasteiger charge is -2.39. The van der Waals surface area contributed by atoms with Gasteiger partial charge in [-0.15, -0.1) is 0 Å². The normalized spacial score (nSPS) is 24.1. The smallest absolute Gasteiger partial charge is 0.0850 e. The first-order chi connectivity index (χ1) is 9.11. The van der Waals surface area contributed by atoms with Gasteiger partial charge in [-0.1, -0.05) is 36.8 Å². The minimum absolute atomic E-state index is 0.0957. The minimum atomic E-state index is 0.0957. The summed E-state index contributed by atoms with van der Waals surface area (Å²) in [6.07, 6.45) is 1.28. The summed E-state index contributed by atoms with van der Waals surface area (Å²) in [6, 6.07) is 9.46. The van der Waals surface area contributed by atoms with Crippen LogP contribution in [0.1, 0.15) is 37.4 Å². The number of morpholine rings is 1. The van der Waals surface area contributed by atoms with Gasteiger partial charge in [-0.2, -0.15) is 0 Å². The third kappa shape index (κ3) is 3.56. The molecule has 1 aliphatic rings. The van der Waals surface area contributed by atoms with E-state index >= 15 is 0 Å². The van der Waals surface area contributed by atoms with Gasteiger partial charge in [0.2, 0.25) is 0 Å². The van der Waals surface area contributed by atoms with Crippen LogP contribution in [0.25, 0.3) is 0 Å². The van der Waals surface area contributed by atoms with Crippen LogP contribution in [0.2, 0.25) is 0 Å². The number of hydrogen-bond donors (Lipinski definition) is 1. The number of aryl methyl sites for hydroxylation is 1. The van der Waals surface area contributed by atoms with Crippen LogP contribution in [-0.2, 0) is 4.74 Å². The van der Waals surface area contributed by atoms with Crippen molar-refractivity contribution in [1.82, 2.24) is 4.90 Å². The van der Waals surface area contributed by atoms with E-state index in [0.29, 0.717) is 6.04 Å². The van der Waals surface area contributed by atoms with E-state index in [2.05, 4.69) is 43.0 Å². The molecule has 0 aliphatic carbocycles. The highest BCUT2D eigenvalue weighted by molar-refractivity contribution is 5.24. The number of nitrogens with two attached hydrogens (primary N) is 1. The van der Waals surface area contributed by atoms with Crippen LogP contribution in [0.3, 0.4) is 0 Å². The molecule has 1 aliphatic heterocycles. The molecule has 0 aromatic heterocycles. The molecule has 1 aromatic carbocycles. The lowest BCUT2D eigenvalue weighted by molar-refractivity contribution is -0.0526. The highest BCUT2D eigenvalue weighted by Crippen LogP contribution is 2.26. The average molecular weight is 262 g/mol. The summed E-state index contributed by atoms with van der Waals surface area (Å²) < 4.78 is 5.75. The summed E-state index contributed by atoms with van der Waals surface area (Å²) in [5.41, 5.74) is 8.69. The third-order valence-electron chi connectivity index (χ3n) is 4.00. The number of ether oxygens (including phenoxy) is 1. The molecule has 0 spiro atoms. The maximum absolute atomic E-state index is 5.98. The Morgan fingerprint density at radius 3 is 2.63 bits per heavy atom. The fraction of sp³-hybridized carbons (Fsp3) is 0.625. The Balaban J connectivity index is 2.10. The van der Waals surface area contributed by atoms with Crippen molar-refractivity contribution < 1.29 is 4.74 Å². The molecule has 19 heavy (non-hydrogen) atoms. The zero-order chi connectivity index (χ0) is 13.8. The predicted molar refractivity (Wildman–Crippen MR) is 79.2 cm³/mol. The van der Waals surface area contributed by atoms with Gasteiger partial charge >= 0.3 is 0 Å². The van der Waals surface area contributed by atoms with Crippen LogP contribution in [0, 0.1) is 6.92 Å². The van der Waals surface area contributed by atoms with E-state index in [4.69, 9.17) is 10.5 Å². The summed E-state index contributed by atoms with van der Waals surface area (Å²) in [5.74, 6) is 0. The van der Waals surface area contributed by atoms with Gasteiger partial charge < -0.3 is 10.5 Å². The van der Waals surface area contributed by atoms with Gasteiger partial charge in [0.25, 0.3) is 0 Å². The van der Waals surface area contributed by atoms with Gasteiger partial charge in [0.15, 0.2) is 0 Å². The van der Waals surface area contributed by atoms with Crippen LogP contribution in [0.5, 0.6) is 0 Å². The molecule has 106 valence electrons. The van der Waals surface area contributed by atoms with Crippen molar-refractivity contribution in [2.24, 2.45) is 5.73 Å². The Bertz CT molecular complexity index is 388. The summed E-state index contributed by atoms with van der Waals surface area (Å²) in [6.45, 7) is 9.13. The van der Waals surface area contributed by atoms with Crippen molar-refractivity contribution in [3.05, 3.63) is 35.4 Å². The van der Waals surface area contributed by atoms with E-state index in [1.54, 1.807) is 0 Å². The Morgan fingerprint density at radius 1 is 1.37 bits per heavy atom. The van der Waals surface area contributed by atoms with Crippen LogP contribution in [-0.4, -0.2) is 36.7 Å². The molecule has 1 heterocycles. The molecule has 0 bridgehead atoms. The van der Waals surface area contributed by atoms with Gasteiger partial charge in [0.05, 0.1) is 12.7 Å². The predicted octanol–water partition coefficient (Wildman–Crippen LogP) is 2.49. The quantitative estimate of drug-likeness (QED) is 0.906. The van der Waals surface area contributed by atoms with E-state index in [1.807, 2.05) is 6.92 Å². The highest BCUT2D eigenvalue weighted by atomic mass is 16.5. The Kier molecular flexibility index (Phi) is 4.97. The molecule has 1 aromatic rings. The summed E-state index contributed by atoms with van der Waals surface area (Å²) in [7, 11) is 0. The summed E-state index contributed by atoms with van der Waals surface area (Å²) >= 11 is 0. The monoisotopic (exact) mass is 262 g/mol. The lowest BCUT2D eigenvalue weighted by Crippen LogP contribution is -2.50. The second-order valence-corrected chi connectivity index (χ2v) is 5.60. The summed E-state index contributed by atoms with van der Waals surface area (Å²) in [5, 5.41) is 0. The van der Waals surface area contributed by atoms with Crippen molar-refractivity contribution in [2.45, 2.75) is 45.4 Å². The number of benzene rings is 1. The SMILES string of the molecule is CCC(c1ccc(C)cc1)N1CCOC(C(C)N)C1. The Labute approximate surface area is 116 Å².